The topological polar surface area (TPSA) is 6.48 Å². The van der Waals surface area contributed by atoms with Crippen LogP contribution in [0.15, 0.2) is 24.3 Å². The molecule has 2 rings (SSSR count). The summed E-state index contributed by atoms with van der Waals surface area (Å²) in [7, 11) is 2.17. The highest BCUT2D eigenvalue weighted by Crippen LogP contribution is 2.07. The monoisotopic (exact) mass is 250 g/mol. The maximum Gasteiger partial charge on any atom is 0.123 e. The second kappa shape index (κ2) is 6.86. The lowest BCUT2D eigenvalue weighted by Crippen LogP contribution is -2.32. The third-order valence-corrected chi connectivity index (χ3v) is 3.69. The summed E-state index contributed by atoms with van der Waals surface area (Å²) < 4.78 is 12.8. The van der Waals surface area contributed by atoms with Crippen molar-refractivity contribution in [2.24, 2.45) is 0 Å². The number of hydrogen-bond acceptors (Lipinski definition) is 2. The normalized spacial score (nSPS) is 16.6. The molecule has 0 aromatic heterocycles. The van der Waals surface area contributed by atoms with Crippen LogP contribution >= 0.6 is 0 Å². The fraction of sp³-hybridized carbons (Fsp3) is 0.600. The molecule has 2 nitrogen and oxygen atoms in total. The Kier molecular flexibility index (Phi) is 5.14. The molecule has 1 saturated heterocycles. The Balaban J connectivity index is 1.64. The van der Waals surface area contributed by atoms with Gasteiger partial charge in [-0.3, -0.25) is 0 Å². The van der Waals surface area contributed by atoms with Gasteiger partial charge in [0, 0.05) is 19.6 Å². The van der Waals surface area contributed by atoms with Crippen LogP contribution in [-0.4, -0.2) is 49.6 Å². The van der Waals surface area contributed by atoms with Crippen LogP contribution in [0.1, 0.15) is 18.4 Å². The Morgan fingerprint density at radius 3 is 2.44 bits per heavy atom. The van der Waals surface area contributed by atoms with Crippen molar-refractivity contribution >= 4 is 0 Å². The molecule has 1 aromatic rings. The zero-order chi connectivity index (χ0) is 12.8. The molecule has 1 aliphatic rings. The van der Waals surface area contributed by atoms with Gasteiger partial charge in [-0.1, -0.05) is 12.1 Å². The van der Waals surface area contributed by atoms with E-state index in [1.54, 1.807) is 12.1 Å². The summed E-state index contributed by atoms with van der Waals surface area (Å²) in [6.45, 7) is 5.89. The molecule has 0 N–H and O–H groups in total. The van der Waals surface area contributed by atoms with Crippen molar-refractivity contribution in [3.63, 3.8) is 0 Å². The van der Waals surface area contributed by atoms with Crippen LogP contribution in [0.5, 0.6) is 0 Å². The van der Waals surface area contributed by atoms with Gasteiger partial charge in [0.15, 0.2) is 0 Å². The summed E-state index contributed by atoms with van der Waals surface area (Å²) in [5.41, 5.74) is 1.21. The van der Waals surface area contributed by atoms with Crippen LogP contribution < -0.4 is 0 Å². The highest BCUT2D eigenvalue weighted by Gasteiger charge is 2.11. The van der Waals surface area contributed by atoms with Crippen LogP contribution in [0, 0.1) is 5.82 Å². The Morgan fingerprint density at radius 2 is 1.78 bits per heavy atom. The number of likely N-dealkylation sites (tertiary alicyclic amines) is 1. The highest BCUT2D eigenvalue weighted by atomic mass is 19.1. The predicted molar refractivity (Wildman–Crippen MR) is 73.3 cm³/mol. The third kappa shape index (κ3) is 4.39. The van der Waals surface area contributed by atoms with Crippen molar-refractivity contribution in [2.75, 3.05) is 39.8 Å². The van der Waals surface area contributed by atoms with Crippen molar-refractivity contribution in [3.05, 3.63) is 35.6 Å². The molecule has 1 aromatic carbocycles. The lowest BCUT2D eigenvalue weighted by molar-refractivity contribution is 0.259. The molecule has 1 heterocycles. The van der Waals surface area contributed by atoms with E-state index in [4.69, 9.17) is 0 Å². The fourth-order valence-electron chi connectivity index (χ4n) is 2.40. The van der Waals surface area contributed by atoms with E-state index in [1.807, 2.05) is 12.1 Å². The molecule has 18 heavy (non-hydrogen) atoms. The van der Waals surface area contributed by atoms with E-state index in [0.717, 1.165) is 19.5 Å². The lowest BCUT2D eigenvalue weighted by atomic mass is 10.1. The maximum absolute atomic E-state index is 12.8. The van der Waals surface area contributed by atoms with Gasteiger partial charge in [-0.2, -0.15) is 0 Å². The average molecular weight is 250 g/mol. The minimum atomic E-state index is -0.152. The van der Waals surface area contributed by atoms with Gasteiger partial charge in [-0.15, -0.1) is 0 Å². The Morgan fingerprint density at radius 1 is 1.11 bits per heavy atom. The number of hydrogen-bond donors (Lipinski definition) is 0. The second-order valence-electron chi connectivity index (χ2n) is 5.23. The third-order valence-electron chi connectivity index (χ3n) is 3.69. The molecule has 0 saturated carbocycles. The van der Waals surface area contributed by atoms with Gasteiger partial charge in [0.25, 0.3) is 0 Å². The van der Waals surface area contributed by atoms with Gasteiger partial charge in [0.05, 0.1) is 0 Å². The van der Waals surface area contributed by atoms with Crippen LogP contribution in [0.4, 0.5) is 4.39 Å². The summed E-state index contributed by atoms with van der Waals surface area (Å²) in [6, 6.07) is 6.84. The van der Waals surface area contributed by atoms with Gasteiger partial charge < -0.3 is 9.80 Å². The predicted octanol–water partition coefficient (Wildman–Crippen LogP) is 2.40. The highest BCUT2D eigenvalue weighted by molar-refractivity contribution is 5.16. The molecule has 100 valence electrons. The number of benzene rings is 1. The van der Waals surface area contributed by atoms with E-state index in [1.165, 1.54) is 38.0 Å². The van der Waals surface area contributed by atoms with Crippen LogP contribution in [0.2, 0.25) is 0 Å². The number of rotatable bonds is 6. The standard InChI is InChI=1S/C15H23FN2/c1-17(12-13-18-9-2-3-10-18)11-8-14-4-6-15(16)7-5-14/h4-7H,2-3,8-13H2,1H3. The first-order valence-corrected chi connectivity index (χ1v) is 6.89. The van der Waals surface area contributed by atoms with E-state index in [-0.39, 0.29) is 5.82 Å². The molecule has 3 heteroatoms. The number of nitrogens with zero attached hydrogens (tertiary/aromatic N) is 2. The molecular weight excluding hydrogens is 227 g/mol. The van der Waals surface area contributed by atoms with Crippen LogP contribution in [0.3, 0.4) is 0 Å². The molecular formula is C15H23FN2. The SMILES string of the molecule is CN(CCc1ccc(F)cc1)CCN1CCCC1. The first kappa shape index (κ1) is 13.5. The molecule has 0 unspecified atom stereocenters. The summed E-state index contributed by atoms with van der Waals surface area (Å²) in [5.74, 6) is -0.152. The Labute approximate surface area is 109 Å². The molecule has 0 atom stereocenters. The van der Waals surface area contributed by atoms with Crippen molar-refractivity contribution < 1.29 is 4.39 Å². The first-order chi connectivity index (χ1) is 8.74. The van der Waals surface area contributed by atoms with Gasteiger partial charge >= 0.3 is 0 Å². The van der Waals surface area contributed by atoms with Crippen molar-refractivity contribution in [1.29, 1.82) is 0 Å². The van der Waals surface area contributed by atoms with Crippen LogP contribution in [-0.2, 0) is 6.42 Å². The Hall–Kier alpha value is -0.930. The van der Waals surface area contributed by atoms with E-state index in [9.17, 15) is 4.39 Å². The summed E-state index contributed by atoms with van der Waals surface area (Å²) >= 11 is 0. The first-order valence-electron chi connectivity index (χ1n) is 6.89. The average Bonchev–Trinajstić information content (AvgIpc) is 2.89. The van der Waals surface area contributed by atoms with Gasteiger partial charge in [-0.05, 0) is 57.1 Å². The molecule has 0 bridgehead atoms. The lowest BCUT2D eigenvalue weighted by Gasteiger charge is -2.21. The van der Waals surface area contributed by atoms with E-state index in [2.05, 4.69) is 16.8 Å². The minimum Gasteiger partial charge on any atom is -0.305 e. The van der Waals surface area contributed by atoms with Crippen molar-refractivity contribution in [1.82, 2.24) is 9.80 Å². The summed E-state index contributed by atoms with van der Waals surface area (Å²) in [4.78, 5) is 4.90. The summed E-state index contributed by atoms with van der Waals surface area (Å²) in [5, 5.41) is 0. The van der Waals surface area contributed by atoms with Gasteiger partial charge in [-0.25, -0.2) is 4.39 Å². The zero-order valence-corrected chi connectivity index (χ0v) is 11.2. The van der Waals surface area contributed by atoms with E-state index >= 15 is 0 Å². The Bertz CT molecular complexity index is 344. The minimum absolute atomic E-state index is 0.152. The maximum atomic E-state index is 12.8. The molecule has 0 amide bonds. The van der Waals surface area contributed by atoms with Crippen molar-refractivity contribution in [2.45, 2.75) is 19.3 Å². The van der Waals surface area contributed by atoms with Gasteiger partial charge in [0.2, 0.25) is 0 Å². The molecule has 0 aliphatic carbocycles. The molecule has 0 radical (unpaired) electrons. The quantitative estimate of drug-likeness (QED) is 0.765. The fourth-order valence-corrected chi connectivity index (χ4v) is 2.40. The van der Waals surface area contributed by atoms with Crippen LogP contribution in [0.25, 0.3) is 0 Å². The number of likely N-dealkylation sites (N-methyl/N-ethyl adjacent to an activating group) is 1. The zero-order valence-electron chi connectivity index (χ0n) is 11.2. The second-order valence-corrected chi connectivity index (χ2v) is 5.23. The molecule has 0 spiro atoms. The van der Waals surface area contributed by atoms with Gasteiger partial charge in [0.1, 0.15) is 5.82 Å². The smallest absolute Gasteiger partial charge is 0.123 e. The van der Waals surface area contributed by atoms with E-state index < -0.39 is 0 Å². The van der Waals surface area contributed by atoms with Crippen molar-refractivity contribution in [3.8, 4) is 0 Å². The summed E-state index contributed by atoms with van der Waals surface area (Å²) in [6.07, 6.45) is 3.72. The molecule has 1 fully saturated rings. The van der Waals surface area contributed by atoms with E-state index in [0.29, 0.717) is 0 Å². The largest absolute Gasteiger partial charge is 0.305 e. The molecule has 1 aliphatic heterocycles. The number of halogens is 1.